The number of rotatable bonds is 10. The molecule has 0 bridgehead atoms. The van der Waals surface area contributed by atoms with Crippen LogP contribution in [0.25, 0.3) is 0 Å². The zero-order valence-corrected chi connectivity index (χ0v) is 20.4. The normalized spacial score (nSPS) is 10.3. The topological polar surface area (TPSA) is 116 Å². The van der Waals surface area contributed by atoms with Crippen molar-refractivity contribution in [1.29, 1.82) is 0 Å². The monoisotopic (exact) mass is 486 g/mol. The predicted octanol–water partition coefficient (Wildman–Crippen LogP) is 4.47. The molecule has 3 aromatic rings. The largest absolute Gasteiger partial charge is 0.352 e. The molecule has 0 unspecified atom stereocenters. The fourth-order valence-corrected chi connectivity index (χ4v) is 3.34. The molecule has 0 aliphatic rings. The van der Waals surface area contributed by atoms with Gasteiger partial charge in [-0.1, -0.05) is 26.0 Å². The fraction of sp³-hybridized carbons (Fsp3) is 0.214. The number of benzene rings is 3. The minimum Gasteiger partial charge on any atom is -0.352 e. The number of anilines is 2. The van der Waals surface area contributed by atoms with E-state index in [1.54, 1.807) is 72.8 Å². The quantitative estimate of drug-likeness (QED) is 0.338. The number of hydrogen-bond acceptors (Lipinski definition) is 4. The lowest BCUT2D eigenvalue weighted by Gasteiger charge is -2.10. The molecule has 4 N–H and O–H groups in total. The summed E-state index contributed by atoms with van der Waals surface area (Å²) in [6.07, 6.45) is 1.66. The summed E-state index contributed by atoms with van der Waals surface area (Å²) >= 11 is 0. The van der Waals surface area contributed by atoms with E-state index in [0.29, 0.717) is 46.7 Å². The molecule has 0 saturated carbocycles. The van der Waals surface area contributed by atoms with Crippen molar-refractivity contribution >= 4 is 35.0 Å². The summed E-state index contributed by atoms with van der Waals surface area (Å²) in [6, 6.07) is 19.6. The molecular formula is C28H30N4O4. The van der Waals surface area contributed by atoms with Gasteiger partial charge in [-0.05, 0) is 73.5 Å². The SMILES string of the molecule is CCCNC(=O)c1cccc(NC(=O)c2ccc(C(=O)Nc3cccc(C(=O)NCCC)c3)cc2)c1. The Labute approximate surface area is 210 Å². The summed E-state index contributed by atoms with van der Waals surface area (Å²) < 4.78 is 0. The van der Waals surface area contributed by atoms with E-state index in [1.807, 2.05) is 13.8 Å². The molecule has 0 radical (unpaired) electrons. The third kappa shape index (κ3) is 7.27. The van der Waals surface area contributed by atoms with Crippen molar-refractivity contribution in [3.8, 4) is 0 Å². The van der Waals surface area contributed by atoms with Gasteiger partial charge in [0.1, 0.15) is 0 Å². The van der Waals surface area contributed by atoms with E-state index < -0.39 is 0 Å². The second kappa shape index (κ2) is 12.9. The van der Waals surface area contributed by atoms with Crippen molar-refractivity contribution < 1.29 is 19.2 Å². The Morgan fingerprint density at radius 1 is 0.528 bits per heavy atom. The van der Waals surface area contributed by atoms with E-state index in [-0.39, 0.29) is 23.6 Å². The van der Waals surface area contributed by atoms with Gasteiger partial charge in [0.15, 0.2) is 0 Å². The maximum atomic E-state index is 12.7. The van der Waals surface area contributed by atoms with Gasteiger partial charge >= 0.3 is 0 Å². The first-order valence-corrected chi connectivity index (χ1v) is 11.9. The first-order chi connectivity index (χ1) is 17.4. The lowest BCUT2D eigenvalue weighted by molar-refractivity contribution is 0.0945. The zero-order valence-electron chi connectivity index (χ0n) is 20.4. The Kier molecular flexibility index (Phi) is 9.33. The highest BCUT2D eigenvalue weighted by atomic mass is 16.2. The Bertz CT molecular complexity index is 1140. The van der Waals surface area contributed by atoms with Gasteiger partial charge in [0.25, 0.3) is 23.6 Å². The van der Waals surface area contributed by atoms with E-state index in [2.05, 4.69) is 21.3 Å². The van der Waals surface area contributed by atoms with Crippen LogP contribution < -0.4 is 21.3 Å². The molecule has 0 fully saturated rings. The van der Waals surface area contributed by atoms with Crippen LogP contribution in [0, 0.1) is 0 Å². The molecule has 0 aromatic heterocycles. The van der Waals surface area contributed by atoms with Crippen molar-refractivity contribution in [1.82, 2.24) is 10.6 Å². The third-order valence-electron chi connectivity index (χ3n) is 5.25. The highest BCUT2D eigenvalue weighted by Crippen LogP contribution is 2.15. The van der Waals surface area contributed by atoms with E-state index >= 15 is 0 Å². The summed E-state index contributed by atoms with van der Waals surface area (Å²) in [7, 11) is 0. The lowest BCUT2D eigenvalue weighted by Crippen LogP contribution is -2.24. The molecule has 0 aliphatic heterocycles. The van der Waals surface area contributed by atoms with Crippen LogP contribution in [0.2, 0.25) is 0 Å². The third-order valence-corrected chi connectivity index (χ3v) is 5.25. The van der Waals surface area contributed by atoms with Crippen molar-refractivity contribution in [2.45, 2.75) is 26.7 Å². The molecule has 0 heterocycles. The maximum absolute atomic E-state index is 12.7. The Hall–Kier alpha value is -4.46. The molecule has 0 spiro atoms. The summed E-state index contributed by atoms with van der Waals surface area (Å²) in [4.78, 5) is 49.6. The molecule has 8 nitrogen and oxygen atoms in total. The molecule has 8 heteroatoms. The average molecular weight is 487 g/mol. The molecule has 186 valence electrons. The van der Waals surface area contributed by atoms with Gasteiger partial charge in [-0.15, -0.1) is 0 Å². The van der Waals surface area contributed by atoms with Crippen LogP contribution in [-0.2, 0) is 0 Å². The van der Waals surface area contributed by atoms with Gasteiger partial charge in [0.05, 0.1) is 0 Å². The molecule has 3 aromatic carbocycles. The second-order valence-corrected chi connectivity index (χ2v) is 8.16. The van der Waals surface area contributed by atoms with E-state index in [4.69, 9.17) is 0 Å². The van der Waals surface area contributed by atoms with E-state index in [9.17, 15) is 19.2 Å². The number of nitrogens with one attached hydrogen (secondary N) is 4. The van der Waals surface area contributed by atoms with Crippen molar-refractivity contribution in [3.63, 3.8) is 0 Å². The molecular weight excluding hydrogens is 456 g/mol. The number of carbonyl (C=O) groups is 4. The van der Waals surface area contributed by atoms with E-state index in [0.717, 1.165) is 12.8 Å². The predicted molar refractivity (Wildman–Crippen MR) is 140 cm³/mol. The van der Waals surface area contributed by atoms with Crippen LogP contribution in [-0.4, -0.2) is 36.7 Å². The summed E-state index contributed by atoms with van der Waals surface area (Å²) in [5.74, 6) is -1.12. The Balaban J connectivity index is 1.62. The number of amides is 4. The average Bonchev–Trinajstić information content (AvgIpc) is 2.90. The summed E-state index contributed by atoms with van der Waals surface area (Å²) in [5, 5.41) is 11.1. The molecule has 0 atom stereocenters. The van der Waals surface area contributed by atoms with Gasteiger partial charge in [-0.2, -0.15) is 0 Å². The minimum atomic E-state index is -0.362. The molecule has 0 aliphatic carbocycles. The first-order valence-electron chi connectivity index (χ1n) is 11.9. The van der Waals surface area contributed by atoms with Crippen LogP contribution >= 0.6 is 0 Å². The van der Waals surface area contributed by atoms with Gasteiger partial charge in [-0.3, -0.25) is 19.2 Å². The van der Waals surface area contributed by atoms with Crippen LogP contribution in [0.3, 0.4) is 0 Å². The van der Waals surface area contributed by atoms with Crippen LogP contribution in [0.5, 0.6) is 0 Å². The second-order valence-electron chi connectivity index (χ2n) is 8.16. The number of carbonyl (C=O) groups excluding carboxylic acids is 4. The highest BCUT2D eigenvalue weighted by Gasteiger charge is 2.12. The van der Waals surface area contributed by atoms with Gasteiger partial charge in [0, 0.05) is 46.7 Å². The van der Waals surface area contributed by atoms with E-state index in [1.165, 1.54) is 0 Å². The maximum Gasteiger partial charge on any atom is 0.255 e. The molecule has 4 amide bonds. The molecule has 0 saturated heterocycles. The number of hydrogen-bond donors (Lipinski definition) is 4. The fourth-order valence-electron chi connectivity index (χ4n) is 3.34. The van der Waals surface area contributed by atoms with Crippen molar-refractivity contribution in [2.24, 2.45) is 0 Å². The van der Waals surface area contributed by atoms with Crippen LogP contribution in [0.15, 0.2) is 72.8 Å². The highest BCUT2D eigenvalue weighted by molar-refractivity contribution is 6.08. The van der Waals surface area contributed by atoms with Crippen molar-refractivity contribution in [2.75, 3.05) is 23.7 Å². The van der Waals surface area contributed by atoms with Gasteiger partial charge in [0.2, 0.25) is 0 Å². The van der Waals surface area contributed by atoms with Gasteiger partial charge in [-0.25, -0.2) is 0 Å². The van der Waals surface area contributed by atoms with Crippen molar-refractivity contribution in [3.05, 3.63) is 95.1 Å². The van der Waals surface area contributed by atoms with Crippen LogP contribution in [0.1, 0.15) is 68.1 Å². The Morgan fingerprint density at radius 2 is 0.917 bits per heavy atom. The molecule has 3 rings (SSSR count). The summed E-state index contributed by atoms with van der Waals surface area (Å²) in [6.45, 7) is 5.10. The molecule has 36 heavy (non-hydrogen) atoms. The zero-order chi connectivity index (χ0) is 25.9. The summed E-state index contributed by atoms with van der Waals surface area (Å²) in [5.41, 5.74) is 2.63. The van der Waals surface area contributed by atoms with Crippen LogP contribution in [0.4, 0.5) is 11.4 Å². The Morgan fingerprint density at radius 3 is 1.28 bits per heavy atom. The lowest BCUT2D eigenvalue weighted by atomic mass is 10.1. The minimum absolute atomic E-state index is 0.199. The van der Waals surface area contributed by atoms with Gasteiger partial charge < -0.3 is 21.3 Å². The smallest absolute Gasteiger partial charge is 0.255 e. The standard InChI is InChI=1S/C28H30N4O4/c1-3-15-29-25(33)21-7-5-9-23(17-21)31-27(35)19-11-13-20(14-12-19)28(36)32-24-10-6-8-22(18-24)26(34)30-16-4-2/h5-14,17-18H,3-4,15-16H2,1-2H3,(H,29,33)(H,30,34)(H,31,35)(H,32,36). The first kappa shape index (κ1) is 26.2.